The van der Waals surface area contributed by atoms with Crippen molar-refractivity contribution in [3.63, 3.8) is 0 Å². The molecule has 0 amide bonds. The lowest BCUT2D eigenvalue weighted by atomic mass is 9.76. The lowest BCUT2D eigenvalue weighted by molar-refractivity contribution is -0.0184. The fourth-order valence-electron chi connectivity index (χ4n) is 6.82. The monoisotopic (exact) mass is 490 g/mol. The molecule has 36 heavy (non-hydrogen) atoms. The molecule has 4 heteroatoms. The predicted octanol–water partition coefficient (Wildman–Crippen LogP) is 6.85. The number of hydrogen-bond donors (Lipinski definition) is 1. The van der Waals surface area contributed by atoms with Gasteiger partial charge in [-0.1, -0.05) is 75.3 Å². The van der Waals surface area contributed by atoms with Crippen molar-refractivity contribution in [2.75, 3.05) is 39.3 Å². The van der Waals surface area contributed by atoms with Crippen LogP contribution in [-0.2, 0) is 0 Å². The standard InChI is InChI=1S/C32H46N2O2/c35-32(19-9-1-2-10-20-32)31(28-15-17-30(18-16-28)36-29-13-7-4-8-14-29)26-34-23-21-33(22-24-34)25-27-11-5-3-6-12-27/h4,7-8,13-18,27,31,35H,1-3,5-6,9-12,19-26H2. The quantitative estimate of drug-likeness (QED) is 0.411. The molecule has 1 unspecified atom stereocenters. The van der Waals surface area contributed by atoms with Gasteiger partial charge in [0.05, 0.1) is 5.60 Å². The normalized spacial score (nSPS) is 23.1. The summed E-state index contributed by atoms with van der Waals surface area (Å²) < 4.78 is 6.05. The minimum Gasteiger partial charge on any atom is -0.457 e. The average Bonchev–Trinajstić information content (AvgIpc) is 3.15. The summed E-state index contributed by atoms with van der Waals surface area (Å²) in [5.74, 6) is 2.77. The molecule has 0 spiro atoms. The van der Waals surface area contributed by atoms with Gasteiger partial charge in [0.15, 0.2) is 0 Å². The molecule has 0 radical (unpaired) electrons. The molecule has 4 nitrogen and oxygen atoms in total. The summed E-state index contributed by atoms with van der Waals surface area (Å²) in [5, 5.41) is 12.0. The van der Waals surface area contributed by atoms with E-state index in [0.717, 1.165) is 62.7 Å². The molecular formula is C32H46N2O2. The maximum Gasteiger partial charge on any atom is 0.127 e. The minimum atomic E-state index is -0.614. The molecular weight excluding hydrogens is 444 g/mol. The van der Waals surface area contributed by atoms with Gasteiger partial charge in [-0.15, -0.1) is 0 Å². The molecule has 1 saturated heterocycles. The third-order valence-electron chi connectivity index (χ3n) is 9.03. The van der Waals surface area contributed by atoms with Gasteiger partial charge in [-0.25, -0.2) is 0 Å². The number of para-hydroxylation sites is 1. The molecule has 3 fully saturated rings. The number of piperazine rings is 1. The first kappa shape index (κ1) is 25.8. The summed E-state index contributed by atoms with van der Waals surface area (Å²) in [5.41, 5.74) is 0.641. The number of rotatable bonds is 8. The molecule has 2 aromatic rings. The van der Waals surface area contributed by atoms with E-state index in [1.807, 2.05) is 30.3 Å². The van der Waals surface area contributed by atoms with Crippen LogP contribution in [0.5, 0.6) is 11.5 Å². The summed E-state index contributed by atoms with van der Waals surface area (Å²) in [4.78, 5) is 5.33. The molecule has 2 aliphatic carbocycles. The maximum absolute atomic E-state index is 12.0. The molecule has 0 bridgehead atoms. The van der Waals surface area contributed by atoms with Crippen molar-refractivity contribution in [2.45, 2.75) is 82.1 Å². The Balaban J connectivity index is 1.25. The molecule has 1 heterocycles. The molecule has 196 valence electrons. The average molecular weight is 491 g/mol. The number of hydrogen-bond acceptors (Lipinski definition) is 4. The molecule has 1 N–H and O–H groups in total. The number of ether oxygens (including phenoxy) is 1. The lowest BCUT2D eigenvalue weighted by Crippen LogP contribution is -2.51. The zero-order valence-electron chi connectivity index (χ0n) is 22.1. The second-order valence-corrected chi connectivity index (χ2v) is 11.7. The third-order valence-corrected chi connectivity index (χ3v) is 9.03. The Morgan fingerprint density at radius 3 is 1.97 bits per heavy atom. The molecule has 5 rings (SSSR count). The van der Waals surface area contributed by atoms with E-state index in [1.165, 1.54) is 70.1 Å². The van der Waals surface area contributed by atoms with Crippen LogP contribution in [-0.4, -0.2) is 59.8 Å². The van der Waals surface area contributed by atoms with Crippen LogP contribution in [0.25, 0.3) is 0 Å². The van der Waals surface area contributed by atoms with Gasteiger partial charge in [0.1, 0.15) is 11.5 Å². The number of aliphatic hydroxyl groups is 1. The second-order valence-electron chi connectivity index (χ2n) is 11.7. The van der Waals surface area contributed by atoms with Gasteiger partial charge in [0.25, 0.3) is 0 Å². The Hall–Kier alpha value is -1.88. The van der Waals surface area contributed by atoms with Crippen LogP contribution in [0.3, 0.4) is 0 Å². The molecule has 1 atom stereocenters. The summed E-state index contributed by atoms with van der Waals surface area (Å²) in [6.07, 6.45) is 13.8. The largest absolute Gasteiger partial charge is 0.457 e. The van der Waals surface area contributed by atoms with Gasteiger partial charge in [0, 0.05) is 45.2 Å². The van der Waals surface area contributed by atoms with Crippen LogP contribution in [0.2, 0.25) is 0 Å². The van der Waals surface area contributed by atoms with Gasteiger partial charge in [-0.05, 0) is 61.4 Å². The van der Waals surface area contributed by atoms with Crippen LogP contribution in [0, 0.1) is 5.92 Å². The van der Waals surface area contributed by atoms with E-state index in [1.54, 1.807) is 0 Å². The van der Waals surface area contributed by atoms with Crippen molar-refractivity contribution in [2.24, 2.45) is 5.92 Å². The van der Waals surface area contributed by atoms with E-state index in [2.05, 4.69) is 34.1 Å². The van der Waals surface area contributed by atoms with Crippen LogP contribution in [0.15, 0.2) is 54.6 Å². The van der Waals surface area contributed by atoms with Crippen LogP contribution in [0.4, 0.5) is 0 Å². The third kappa shape index (κ3) is 6.90. The van der Waals surface area contributed by atoms with Crippen LogP contribution >= 0.6 is 0 Å². The molecule has 2 saturated carbocycles. The van der Waals surface area contributed by atoms with E-state index in [-0.39, 0.29) is 5.92 Å². The van der Waals surface area contributed by atoms with Gasteiger partial charge in [-0.2, -0.15) is 0 Å². The van der Waals surface area contributed by atoms with Gasteiger partial charge < -0.3 is 19.6 Å². The molecule has 3 aliphatic rings. The van der Waals surface area contributed by atoms with Crippen molar-refractivity contribution < 1.29 is 9.84 Å². The Kier molecular flexibility index (Phi) is 9.00. The van der Waals surface area contributed by atoms with Crippen molar-refractivity contribution in [3.8, 4) is 11.5 Å². The SMILES string of the molecule is OC1(C(CN2CCN(CC3CCCCC3)CC2)c2ccc(Oc3ccccc3)cc2)CCCCCC1. The van der Waals surface area contributed by atoms with Gasteiger partial charge >= 0.3 is 0 Å². The van der Waals surface area contributed by atoms with Gasteiger partial charge in [-0.3, -0.25) is 0 Å². The fourth-order valence-corrected chi connectivity index (χ4v) is 6.82. The highest BCUT2D eigenvalue weighted by Gasteiger charge is 2.39. The molecule has 2 aromatic carbocycles. The number of benzene rings is 2. The highest BCUT2D eigenvalue weighted by molar-refractivity contribution is 5.35. The Morgan fingerprint density at radius 2 is 1.31 bits per heavy atom. The number of nitrogens with zero attached hydrogens (tertiary/aromatic N) is 2. The smallest absolute Gasteiger partial charge is 0.127 e. The van der Waals surface area contributed by atoms with E-state index in [4.69, 9.17) is 4.74 Å². The zero-order valence-corrected chi connectivity index (χ0v) is 22.1. The highest BCUT2D eigenvalue weighted by Crippen LogP contribution is 2.40. The summed E-state index contributed by atoms with van der Waals surface area (Å²) in [7, 11) is 0. The lowest BCUT2D eigenvalue weighted by Gasteiger charge is -2.42. The fraction of sp³-hybridized carbons (Fsp3) is 0.625. The zero-order chi connectivity index (χ0) is 24.6. The van der Waals surface area contributed by atoms with Gasteiger partial charge in [0.2, 0.25) is 0 Å². The highest BCUT2D eigenvalue weighted by atomic mass is 16.5. The summed E-state index contributed by atoms with van der Waals surface area (Å²) in [6, 6.07) is 18.5. The first-order chi connectivity index (χ1) is 17.7. The van der Waals surface area contributed by atoms with E-state index in [9.17, 15) is 5.11 Å². The van der Waals surface area contributed by atoms with Crippen LogP contribution in [0.1, 0.15) is 82.1 Å². The van der Waals surface area contributed by atoms with E-state index < -0.39 is 5.60 Å². The Bertz CT molecular complexity index is 894. The predicted molar refractivity (Wildman–Crippen MR) is 148 cm³/mol. The maximum atomic E-state index is 12.0. The van der Waals surface area contributed by atoms with Crippen molar-refractivity contribution in [3.05, 3.63) is 60.2 Å². The van der Waals surface area contributed by atoms with E-state index >= 15 is 0 Å². The van der Waals surface area contributed by atoms with Crippen molar-refractivity contribution in [1.29, 1.82) is 0 Å². The topological polar surface area (TPSA) is 35.9 Å². The summed E-state index contributed by atoms with van der Waals surface area (Å²) in [6.45, 7) is 6.83. The van der Waals surface area contributed by atoms with Crippen molar-refractivity contribution >= 4 is 0 Å². The first-order valence-corrected chi connectivity index (χ1v) is 14.7. The second kappa shape index (κ2) is 12.6. The summed E-state index contributed by atoms with van der Waals surface area (Å²) >= 11 is 0. The Morgan fingerprint density at radius 1 is 0.722 bits per heavy atom. The van der Waals surface area contributed by atoms with Crippen molar-refractivity contribution in [1.82, 2.24) is 9.80 Å². The Labute approximate surface area is 218 Å². The molecule has 1 aliphatic heterocycles. The van der Waals surface area contributed by atoms with E-state index in [0.29, 0.717) is 0 Å². The van der Waals surface area contributed by atoms with Crippen LogP contribution < -0.4 is 4.74 Å². The molecule has 0 aromatic heterocycles. The first-order valence-electron chi connectivity index (χ1n) is 14.7. The minimum absolute atomic E-state index is 0.145.